The number of nitriles is 2. The number of halogens is 1. The zero-order valence-corrected chi connectivity index (χ0v) is 12.9. The first-order chi connectivity index (χ1) is 10.2. The first-order valence-corrected chi connectivity index (χ1v) is 7.24. The van der Waals surface area contributed by atoms with Crippen molar-refractivity contribution in [2.75, 3.05) is 11.4 Å². The van der Waals surface area contributed by atoms with Gasteiger partial charge in [-0.05, 0) is 45.8 Å². The monoisotopic (exact) mass is 340 g/mol. The Labute approximate surface area is 132 Å². The van der Waals surface area contributed by atoms with E-state index in [-0.39, 0.29) is 0 Å². The molecule has 4 nitrogen and oxygen atoms in total. The fourth-order valence-corrected chi connectivity index (χ4v) is 2.64. The molecule has 0 aliphatic rings. The number of rotatable bonds is 5. The van der Waals surface area contributed by atoms with E-state index in [1.807, 2.05) is 24.4 Å². The molecule has 0 bridgehead atoms. The minimum atomic E-state index is 0.437. The van der Waals surface area contributed by atoms with E-state index in [1.165, 1.54) is 0 Å². The summed E-state index contributed by atoms with van der Waals surface area (Å²) in [5.41, 5.74) is 2.65. The van der Waals surface area contributed by atoms with Gasteiger partial charge in [-0.1, -0.05) is 6.07 Å². The van der Waals surface area contributed by atoms with Crippen LogP contribution in [-0.4, -0.2) is 11.5 Å². The Hall–Kier alpha value is -2.37. The predicted octanol–water partition coefficient (Wildman–Crippen LogP) is 3.64. The molecule has 21 heavy (non-hydrogen) atoms. The van der Waals surface area contributed by atoms with Gasteiger partial charge < -0.3 is 4.90 Å². The molecule has 5 heteroatoms. The van der Waals surface area contributed by atoms with Crippen LogP contribution in [0.1, 0.15) is 17.5 Å². The van der Waals surface area contributed by atoms with Crippen LogP contribution >= 0.6 is 15.9 Å². The number of hydrogen-bond acceptors (Lipinski definition) is 4. The maximum absolute atomic E-state index is 8.93. The maximum atomic E-state index is 8.93. The maximum Gasteiger partial charge on any atom is 0.0992 e. The van der Waals surface area contributed by atoms with Crippen LogP contribution in [0.3, 0.4) is 0 Å². The Morgan fingerprint density at radius 3 is 2.71 bits per heavy atom. The minimum Gasteiger partial charge on any atom is -0.365 e. The van der Waals surface area contributed by atoms with Gasteiger partial charge in [0, 0.05) is 30.0 Å². The quantitative estimate of drug-likeness (QED) is 0.833. The first-order valence-electron chi connectivity index (χ1n) is 6.45. The number of benzene rings is 1. The summed E-state index contributed by atoms with van der Waals surface area (Å²) in [6.07, 6.45) is 3.99. The fraction of sp³-hybridized carbons (Fsp3) is 0.188. The average molecular weight is 341 g/mol. The molecule has 1 aromatic heterocycles. The number of pyridine rings is 1. The molecule has 0 aliphatic carbocycles. The van der Waals surface area contributed by atoms with Crippen LogP contribution in [0.25, 0.3) is 0 Å². The molecule has 0 saturated carbocycles. The molecule has 0 unspecified atom stereocenters. The van der Waals surface area contributed by atoms with Crippen molar-refractivity contribution in [3.63, 3.8) is 0 Å². The van der Waals surface area contributed by atoms with Crippen molar-refractivity contribution in [3.05, 3.63) is 58.3 Å². The van der Waals surface area contributed by atoms with Gasteiger partial charge in [0.1, 0.15) is 0 Å². The zero-order chi connectivity index (χ0) is 15.1. The van der Waals surface area contributed by atoms with E-state index in [0.29, 0.717) is 25.1 Å². The van der Waals surface area contributed by atoms with Gasteiger partial charge in [-0.2, -0.15) is 10.5 Å². The van der Waals surface area contributed by atoms with Crippen molar-refractivity contribution >= 4 is 21.6 Å². The van der Waals surface area contributed by atoms with Gasteiger partial charge in [-0.25, -0.2) is 0 Å². The van der Waals surface area contributed by atoms with Crippen LogP contribution < -0.4 is 4.90 Å². The van der Waals surface area contributed by atoms with Crippen molar-refractivity contribution in [1.82, 2.24) is 4.98 Å². The lowest BCUT2D eigenvalue weighted by Gasteiger charge is -2.25. The minimum absolute atomic E-state index is 0.437. The number of aromatic nitrogens is 1. The summed E-state index contributed by atoms with van der Waals surface area (Å²) in [5, 5.41) is 17.8. The summed E-state index contributed by atoms with van der Waals surface area (Å²) in [4.78, 5) is 6.22. The van der Waals surface area contributed by atoms with Crippen LogP contribution in [0, 0.1) is 22.7 Å². The average Bonchev–Trinajstić information content (AvgIpc) is 2.52. The molecule has 1 heterocycles. The third-order valence-electron chi connectivity index (χ3n) is 3.01. The third-order valence-corrected chi connectivity index (χ3v) is 3.64. The fourth-order valence-electron chi connectivity index (χ4n) is 2.01. The van der Waals surface area contributed by atoms with E-state index in [4.69, 9.17) is 10.5 Å². The summed E-state index contributed by atoms with van der Waals surface area (Å²) < 4.78 is 0.850. The Morgan fingerprint density at radius 1 is 1.24 bits per heavy atom. The van der Waals surface area contributed by atoms with Crippen molar-refractivity contribution in [2.24, 2.45) is 0 Å². The van der Waals surface area contributed by atoms with Gasteiger partial charge in [-0.15, -0.1) is 0 Å². The van der Waals surface area contributed by atoms with Gasteiger partial charge >= 0.3 is 0 Å². The van der Waals surface area contributed by atoms with Gasteiger partial charge in [-0.3, -0.25) is 4.98 Å². The Kier molecular flexibility index (Phi) is 5.31. The summed E-state index contributed by atoms with van der Waals surface area (Å²) in [5.74, 6) is 0. The van der Waals surface area contributed by atoms with E-state index in [2.05, 4.69) is 38.0 Å². The van der Waals surface area contributed by atoms with Gasteiger partial charge in [0.05, 0.1) is 29.8 Å². The highest BCUT2D eigenvalue weighted by Gasteiger charge is 2.11. The summed E-state index contributed by atoms with van der Waals surface area (Å²) in [6.45, 7) is 1.29. The summed E-state index contributed by atoms with van der Waals surface area (Å²) >= 11 is 3.50. The molecule has 0 spiro atoms. The highest BCUT2D eigenvalue weighted by atomic mass is 79.9. The lowest BCUT2D eigenvalue weighted by molar-refractivity contribution is 0.793. The first kappa shape index (κ1) is 15.0. The molecule has 0 N–H and O–H groups in total. The molecular weight excluding hydrogens is 328 g/mol. The second-order valence-electron chi connectivity index (χ2n) is 4.47. The van der Waals surface area contributed by atoms with Crippen molar-refractivity contribution < 1.29 is 0 Å². The summed E-state index contributed by atoms with van der Waals surface area (Å²) in [6, 6.07) is 13.7. The SMILES string of the molecule is N#CCCN(Cc1cccnc1)c1ccc(C#N)cc1Br. The number of hydrogen-bond donors (Lipinski definition) is 0. The largest absolute Gasteiger partial charge is 0.365 e. The Balaban J connectivity index is 2.28. The molecule has 0 radical (unpaired) electrons. The van der Waals surface area contributed by atoms with Crippen LogP contribution in [0.5, 0.6) is 0 Å². The van der Waals surface area contributed by atoms with Gasteiger partial charge in [0.15, 0.2) is 0 Å². The van der Waals surface area contributed by atoms with E-state index in [9.17, 15) is 0 Å². The zero-order valence-electron chi connectivity index (χ0n) is 11.3. The van der Waals surface area contributed by atoms with Crippen molar-refractivity contribution in [3.8, 4) is 12.1 Å². The van der Waals surface area contributed by atoms with Crippen LogP contribution in [-0.2, 0) is 6.54 Å². The topological polar surface area (TPSA) is 63.7 Å². The number of anilines is 1. The normalized spacial score (nSPS) is 9.67. The van der Waals surface area contributed by atoms with Crippen LogP contribution in [0.15, 0.2) is 47.2 Å². The highest BCUT2D eigenvalue weighted by Crippen LogP contribution is 2.28. The molecule has 2 aromatic rings. The second kappa shape index (κ2) is 7.42. The van der Waals surface area contributed by atoms with E-state index in [1.54, 1.807) is 18.3 Å². The highest BCUT2D eigenvalue weighted by molar-refractivity contribution is 9.10. The van der Waals surface area contributed by atoms with E-state index < -0.39 is 0 Å². The van der Waals surface area contributed by atoms with Gasteiger partial charge in [0.25, 0.3) is 0 Å². The van der Waals surface area contributed by atoms with Crippen molar-refractivity contribution in [2.45, 2.75) is 13.0 Å². The standard InChI is InChI=1S/C16H13BrN4/c17-15-9-13(10-19)4-5-16(15)21(8-2-6-18)12-14-3-1-7-20-11-14/h1,3-5,7,9,11H,2,8,12H2. The van der Waals surface area contributed by atoms with E-state index >= 15 is 0 Å². The Bertz CT molecular complexity index is 686. The molecular formula is C16H13BrN4. The smallest absolute Gasteiger partial charge is 0.0992 e. The molecule has 0 fully saturated rings. The van der Waals surface area contributed by atoms with Crippen LogP contribution in [0.2, 0.25) is 0 Å². The van der Waals surface area contributed by atoms with Crippen molar-refractivity contribution in [1.29, 1.82) is 10.5 Å². The molecule has 2 rings (SSSR count). The third kappa shape index (κ3) is 4.05. The van der Waals surface area contributed by atoms with E-state index in [0.717, 1.165) is 15.7 Å². The molecule has 0 atom stereocenters. The molecule has 104 valence electrons. The molecule has 0 aliphatic heterocycles. The number of nitrogens with zero attached hydrogens (tertiary/aromatic N) is 4. The van der Waals surface area contributed by atoms with Crippen LogP contribution in [0.4, 0.5) is 5.69 Å². The lowest BCUT2D eigenvalue weighted by Crippen LogP contribution is -2.24. The lowest BCUT2D eigenvalue weighted by atomic mass is 10.2. The molecule has 1 aromatic carbocycles. The molecule has 0 saturated heterocycles. The predicted molar refractivity (Wildman–Crippen MR) is 84.4 cm³/mol. The van der Waals surface area contributed by atoms with Gasteiger partial charge in [0.2, 0.25) is 0 Å². The Morgan fingerprint density at radius 2 is 2.10 bits per heavy atom. The molecule has 0 amide bonds. The summed E-state index contributed by atoms with van der Waals surface area (Å²) in [7, 11) is 0. The second-order valence-corrected chi connectivity index (χ2v) is 5.32.